The highest BCUT2D eigenvalue weighted by Crippen LogP contribution is 2.29. The largest absolute Gasteiger partial charge is 0.478 e. The van der Waals surface area contributed by atoms with Gasteiger partial charge in [0.1, 0.15) is 0 Å². The molecule has 0 radical (unpaired) electrons. The molecule has 1 N–H and O–H groups in total. The summed E-state index contributed by atoms with van der Waals surface area (Å²) in [5.41, 5.74) is 2.80. The molecule has 0 spiro atoms. The number of carboxylic acid groups (broad SMARTS) is 1. The van der Waals surface area contributed by atoms with Gasteiger partial charge in [-0.25, -0.2) is 9.64 Å². The van der Waals surface area contributed by atoms with Crippen molar-refractivity contribution in [1.29, 1.82) is 0 Å². The number of benzene rings is 3. The molecule has 4 nitrogen and oxygen atoms in total. The molecule has 0 unspecified atom stereocenters. The van der Waals surface area contributed by atoms with Crippen molar-refractivity contribution in [2.45, 2.75) is 6.42 Å². The van der Waals surface area contributed by atoms with Crippen LogP contribution in [0.2, 0.25) is 0 Å². The van der Waals surface area contributed by atoms with Gasteiger partial charge in [-0.1, -0.05) is 70.5 Å². The minimum atomic E-state index is -1.08. The number of carbonyl (C=O) groups is 2. The number of hydrogen-bond donors (Lipinski definition) is 1. The summed E-state index contributed by atoms with van der Waals surface area (Å²) in [5, 5.41) is 9.76. The van der Waals surface area contributed by atoms with Crippen molar-refractivity contribution in [3.05, 3.63) is 99.3 Å². The molecule has 27 heavy (non-hydrogen) atoms. The number of aromatic carboxylic acids is 1. The van der Waals surface area contributed by atoms with Gasteiger partial charge < -0.3 is 5.11 Å². The topological polar surface area (TPSA) is 58.7 Å². The molecule has 0 bridgehead atoms. The van der Waals surface area contributed by atoms with Crippen LogP contribution >= 0.6 is 15.9 Å². The minimum absolute atomic E-state index is 0.00274. The Bertz CT molecular complexity index is 1050. The monoisotopic (exact) mass is 419 g/mol. The Balaban J connectivity index is 2.00. The lowest BCUT2D eigenvalue weighted by Crippen LogP contribution is -2.10. The lowest BCUT2D eigenvalue weighted by Gasteiger charge is -2.12. The van der Waals surface area contributed by atoms with E-state index < -0.39 is 5.97 Å². The van der Waals surface area contributed by atoms with Gasteiger partial charge in [-0.3, -0.25) is 4.79 Å². The van der Waals surface area contributed by atoms with E-state index in [9.17, 15) is 14.7 Å². The van der Waals surface area contributed by atoms with Crippen LogP contribution in [-0.2, 0) is 6.42 Å². The number of ketones is 1. The third-order valence-electron chi connectivity index (χ3n) is 4.19. The van der Waals surface area contributed by atoms with Crippen molar-refractivity contribution in [1.82, 2.24) is 0 Å². The van der Waals surface area contributed by atoms with Gasteiger partial charge in [0.2, 0.25) is 0 Å². The molecule has 0 aliphatic rings. The van der Waals surface area contributed by atoms with Crippen LogP contribution in [0.5, 0.6) is 0 Å². The molecule has 5 heteroatoms. The molecular formula is C22H14BrNO3. The summed E-state index contributed by atoms with van der Waals surface area (Å²) in [7, 11) is 0. The van der Waals surface area contributed by atoms with Crippen LogP contribution in [0.3, 0.4) is 0 Å². The minimum Gasteiger partial charge on any atom is -0.478 e. The number of Topliss-reactive ketones (excluding diaryl/α,β-unsaturated/α-hetero) is 1. The third-order valence-corrected chi connectivity index (χ3v) is 4.72. The maximum atomic E-state index is 12.6. The van der Waals surface area contributed by atoms with Gasteiger partial charge in [-0.15, -0.1) is 0 Å². The number of halogens is 1. The van der Waals surface area contributed by atoms with Crippen molar-refractivity contribution in [2.24, 2.45) is 0 Å². The summed E-state index contributed by atoms with van der Waals surface area (Å²) in [6.45, 7) is 7.03. The first-order valence-corrected chi connectivity index (χ1v) is 8.90. The normalized spacial score (nSPS) is 10.2. The van der Waals surface area contributed by atoms with E-state index in [4.69, 9.17) is 6.57 Å². The lowest BCUT2D eigenvalue weighted by molar-refractivity contribution is 0.0697. The zero-order valence-electron chi connectivity index (χ0n) is 14.1. The summed E-state index contributed by atoms with van der Waals surface area (Å²) in [6.07, 6.45) is -0.00274. The number of rotatable bonds is 5. The summed E-state index contributed by atoms with van der Waals surface area (Å²) < 4.78 is 0.870. The van der Waals surface area contributed by atoms with Crippen molar-refractivity contribution in [3.63, 3.8) is 0 Å². The van der Waals surface area contributed by atoms with E-state index >= 15 is 0 Å². The molecule has 0 aromatic heterocycles. The van der Waals surface area contributed by atoms with Gasteiger partial charge in [-0.05, 0) is 28.8 Å². The maximum absolute atomic E-state index is 12.6. The van der Waals surface area contributed by atoms with Crippen LogP contribution in [0.25, 0.3) is 16.0 Å². The van der Waals surface area contributed by atoms with Gasteiger partial charge >= 0.3 is 5.97 Å². The average Bonchev–Trinajstić information content (AvgIpc) is 2.68. The molecule has 3 aromatic rings. The number of carbonyl (C=O) groups excluding carboxylic acids is 1. The zero-order valence-corrected chi connectivity index (χ0v) is 15.7. The van der Waals surface area contributed by atoms with Crippen LogP contribution in [0.4, 0.5) is 5.69 Å². The molecule has 0 heterocycles. The fourth-order valence-corrected chi connectivity index (χ4v) is 3.13. The highest BCUT2D eigenvalue weighted by molar-refractivity contribution is 9.10. The van der Waals surface area contributed by atoms with Gasteiger partial charge in [0.25, 0.3) is 0 Å². The first-order chi connectivity index (χ1) is 13.0. The second-order valence-corrected chi connectivity index (χ2v) is 6.83. The SMILES string of the molecule is [C-]#[N+]c1ccc(-c2cccc(CC(=O)c3ccc(Br)cc3)c2C(=O)O)cc1. The first kappa shape index (κ1) is 18.6. The Kier molecular flexibility index (Phi) is 5.49. The molecule has 0 atom stereocenters. The van der Waals surface area contributed by atoms with E-state index in [0.717, 1.165) is 4.47 Å². The van der Waals surface area contributed by atoms with Crippen molar-refractivity contribution < 1.29 is 14.7 Å². The Labute approximate surface area is 165 Å². The van der Waals surface area contributed by atoms with Crippen molar-refractivity contribution >= 4 is 33.4 Å². The molecule has 0 saturated carbocycles. The van der Waals surface area contributed by atoms with Crippen LogP contribution < -0.4 is 0 Å². The van der Waals surface area contributed by atoms with Gasteiger partial charge in [-0.2, -0.15) is 0 Å². The molecule has 0 fully saturated rings. The van der Waals surface area contributed by atoms with E-state index in [1.54, 1.807) is 66.7 Å². The number of carboxylic acids is 1. The quantitative estimate of drug-likeness (QED) is 0.420. The molecule has 0 aliphatic heterocycles. The molecule has 0 aliphatic carbocycles. The molecule has 132 valence electrons. The van der Waals surface area contributed by atoms with E-state index in [1.807, 2.05) is 0 Å². The highest BCUT2D eigenvalue weighted by atomic mass is 79.9. The Hall–Kier alpha value is -3.23. The summed E-state index contributed by atoms with van der Waals surface area (Å²) >= 11 is 3.33. The van der Waals surface area contributed by atoms with Crippen molar-refractivity contribution in [3.8, 4) is 11.1 Å². The standard InChI is InChI=1S/C22H14BrNO3/c1-24-18-11-7-14(8-12-18)19-4-2-3-16(21(19)22(26)27)13-20(25)15-5-9-17(23)10-6-15/h2-12H,13H2,(H,26,27). The molecule has 0 amide bonds. The van der Waals surface area contributed by atoms with Gasteiger partial charge in [0, 0.05) is 16.5 Å². The smallest absolute Gasteiger partial charge is 0.336 e. The second kappa shape index (κ2) is 7.98. The summed E-state index contributed by atoms with van der Waals surface area (Å²) in [4.78, 5) is 27.9. The van der Waals surface area contributed by atoms with Gasteiger partial charge in [0.15, 0.2) is 11.5 Å². The van der Waals surface area contributed by atoms with Gasteiger partial charge in [0.05, 0.1) is 12.1 Å². The first-order valence-electron chi connectivity index (χ1n) is 8.11. The highest BCUT2D eigenvalue weighted by Gasteiger charge is 2.19. The third kappa shape index (κ3) is 4.13. The number of hydrogen-bond acceptors (Lipinski definition) is 2. The summed E-state index contributed by atoms with van der Waals surface area (Å²) in [5.74, 6) is -1.23. The van der Waals surface area contributed by atoms with Crippen LogP contribution in [-0.4, -0.2) is 16.9 Å². The van der Waals surface area contributed by atoms with E-state index in [2.05, 4.69) is 20.8 Å². The molecular weight excluding hydrogens is 406 g/mol. The fraction of sp³-hybridized carbons (Fsp3) is 0.0455. The lowest BCUT2D eigenvalue weighted by atomic mass is 9.92. The predicted octanol–water partition coefficient (Wildman–Crippen LogP) is 5.79. The van der Waals surface area contributed by atoms with Crippen molar-refractivity contribution in [2.75, 3.05) is 0 Å². The van der Waals surface area contributed by atoms with Crippen LogP contribution in [0.1, 0.15) is 26.3 Å². The molecule has 3 aromatic carbocycles. The Morgan fingerprint density at radius 2 is 1.63 bits per heavy atom. The van der Waals surface area contributed by atoms with E-state index in [0.29, 0.717) is 27.9 Å². The number of nitrogens with zero attached hydrogens (tertiary/aromatic N) is 1. The molecule has 3 rings (SSSR count). The molecule has 0 saturated heterocycles. The Morgan fingerprint density at radius 1 is 0.963 bits per heavy atom. The fourth-order valence-electron chi connectivity index (χ4n) is 2.87. The Morgan fingerprint density at radius 3 is 2.22 bits per heavy atom. The van der Waals surface area contributed by atoms with Crippen LogP contribution in [0.15, 0.2) is 71.2 Å². The predicted molar refractivity (Wildman–Crippen MR) is 107 cm³/mol. The van der Waals surface area contributed by atoms with E-state index in [1.165, 1.54) is 0 Å². The zero-order chi connectivity index (χ0) is 19.4. The van der Waals surface area contributed by atoms with E-state index in [-0.39, 0.29) is 17.8 Å². The summed E-state index contributed by atoms with van der Waals surface area (Å²) in [6, 6.07) is 18.8. The maximum Gasteiger partial charge on any atom is 0.336 e. The second-order valence-electron chi connectivity index (χ2n) is 5.91. The van der Waals surface area contributed by atoms with Crippen LogP contribution in [0, 0.1) is 6.57 Å². The average molecular weight is 420 g/mol.